The Morgan fingerprint density at radius 2 is 2.19 bits per heavy atom. The van der Waals surface area contributed by atoms with E-state index in [1.165, 1.54) is 23.5 Å². The van der Waals surface area contributed by atoms with E-state index in [0.29, 0.717) is 29.6 Å². The molecular weight excluding hydrogens is 292 g/mol. The summed E-state index contributed by atoms with van der Waals surface area (Å²) in [5.74, 6) is -0.194. The van der Waals surface area contributed by atoms with Gasteiger partial charge in [-0.2, -0.15) is 0 Å². The van der Waals surface area contributed by atoms with Crippen LogP contribution in [-0.4, -0.2) is 34.3 Å². The Balaban J connectivity index is 1.78. The molecule has 0 saturated carbocycles. The number of nitrogens with one attached hydrogen (secondary N) is 1. The van der Waals surface area contributed by atoms with Gasteiger partial charge in [0.25, 0.3) is 0 Å². The summed E-state index contributed by atoms with van der Waals surface area (Å²) in [6, 6.07) is 4.30. The molecular formula is C14H14N2O4S. The molecule has 0 bridgehead atoms. The van der Waals surface area contributed by atoms with Gasteiger partial charge in [0, 0.05) is 17.0 Å². The van der Waals surface area contributed by atoms with Crippen LogP contribution in [0.25, 0.3) is 11.3 Å². The summed E-state index contributed by atoms with van der Waals surface area (Å²) in [5.41, 5.74) is 0.553. The van der Waals surface area contributed by atoms with Crippen molar-refractivity contribution in [1.29, 1.82) is 0 Å². The van der Waals surface area contributed by atoms with E-state index < -0.39 is 5.41 Å². The average molecular weight is 306 g/mol. The number of nitrogens with zero attached hydrogens (tertiary/aromatic N) is 1. The normalized spacial score (nSPS) is 16.2. The minimum Gasteiger partial charge on any atom is -0.508 e. The highest BCUT2D eigenvalue weighted by atomic mass is 32.1. The second-order valence-corrected chi connectivity index (χ2v) is 6.11. The summed E-state index contributed by atoms with van der Waals surface area (Å²) in [4.78, 5) is 16.4. The van der Waals surface area contributed by atoms with Crippen molar-refractivity contribution in [3.8, 4) is 22.8 Å². The number of aromatic nitrogens is 1. The van der Waals surface area contributed by atoms with Gasteiger partial charge in [-0.25, -0.2) is 4.98 Å². The molecule has 0 aliphatic carbocycles. The highest BCUT2D eigenvalue weighted by Crippen LogP contribution is 2.34. The third-order valence-corrected chi connectivity index (χ3v) is 4.13. The van der Waals surface area contributed by atoms with E-state index in [-0.39, 0.29) is 17.4 Å². The maximum absolute atomic E-state index is 12.1. The van der Waals surface area contributed by atoms with Crippen LogP contribution >= 0.6 is 11.3 Å². The molecule has 7 heteroatoms. The van der Waals surface area contributed by atoms with Crippen molar-refractivity contribution in [2.24, 2.45) is 5.41 Å². The van der Waals surface area contributed by atoms with Crippen LogP contribution in [0.3, 0.4) is 0 Å². The zero-order valence-electron chi connectivity index (χ0n) is 11.3. The topological polar surface area (TPSA) is 91.7 Å². The Kier molecular flexibility index (Phi) is 3.30. The summed E-state index contributed by atoms with van der Waals surface area (Å²) < 4.78 is 5.06. The molecule has 1 fully saturated rings. The minimum absolute atomic E-state index is 0.0158. The first kappa shape index (κ1) is 13.8. The fraction of sp³-hybridized carbons (Fsp3) is 0.286. The number of rotatable bonds is 3. The van der Waals surface area contributed by atoms with E-state index in [1.807, 2.05) is 6.92 Å². The molecule has 1 amide bonds. The maximum Gasteiger partial charge on any atom is 0.236 e. The van der Waals surface area contributed by atoms with Crippen LogP contribution in [0, 0.1) is 5.41 Å². The Labute approximate surface area is 125 Å². The van der Waals surface area contributed by atoms with Gasteiger partial charge in [-0.05, 0) is 19.1 Å². The first-order valence-electron chi connectivity index (χ1n) is 6.35. The number of carbonyl (C=O) groups is 1. The average Bonchev–Trinajstić information content (AvgIpc) is 2.84. The molecule has 0 unspecified atom stereocenters. The van der Waals surface area contributed by atoms with Gasteiger partial charge in [0.15, 0.2) is 5.13 Å². The molecule has 21 heavy (non-hydrogen) atoms. The van der Waals surface area contributed by atoms with Gasteiger partial charge in [0.2, 0.25) is 5.91 Å². The highest BCUT2D eigenvalue weighted by molar-refractivity contribution is 7.14. The van der Waals surface area contributed by atoms with E-state index in [2.05, 4.69) is 10.3 Å². The summed E-state index contributed by atoms with van der Waals surface area (Å²) >= 11 is 1.28. The first-order chi connectivity index (χ1) is 9.98. The van der Waals surface area contributed by atoms with Crippen LogP contribution in [0.5, 0.6) is 11.5 Å². The van der Waals surface area contributed by atoms with E-state index in [9.17, 15) is 15.0 Å². The smallest absolute Gasteiger partial charge is 0.236 e. The molecule has 1 aliphatic heterocycles. The largest absolute Gasteiger partial charge is 0.508 e. The van der Waals surface area contributed by atoms with E-state index in [4.69, 9.17) is 4.74 Å². The van der Waals surface area contributed by atoms with Crippen LogP contribution in [0.2, 0.25) is 0 Å². The van der Waals surface area contributed by atoms with E-state index >= 15 is 0 Å². The van der Waals surface area contributed by atoms with Crippen LogP contribution < -0.4 is 5.32 Å². The molecule has 110 valence electrons. The van der Waals surface area contributed by atoms with Gasteiger partial charge in [-0.1, -0.05) is 0 Å². The van der Waals surface area contributed by atoms with Crippen molar-refractivity contribution >= 4 is 22.4 Å². The van der Waals surface area contributed by atoms with Gasteiger partial charge < -0.3 is 20.3 Å². The fourth-order valence-corrected chi connectivity index (χ4v) is 2.68. The number of phenols is 2. The Hall–Kier alpha value is -2.12. The number of phenolic OH excluding ortho intramolecular Hbond substituents is 2. The monoisotopic (exact) mass is 306 g/mol. The summed E-state index contributed by atoms with van der Waals surface area (Å²) in [6.45, 7) is 2.66. The SMILES string of the molecule is CC1(C(=O)Nc2nc(-c3ccc(O)cc3O)cs2)COC1. The van der Waals surface area contributed by atoms with Crippen LogP contribution in [0.4, 0.5) is 5.13 Å². The first-order valence-corrected chi connectivity index (χ1v) is 7.23. The zero-order chi connectivity index (χ0) is 15.0. The zero-order valence-corrected chi connectivity index (χ0v) is 12.1. The highest BCUT2D eigenvalue weighted by Gasteiger charge is 2.41. The van der Waals surface area contributed by atoms with Gasteiger partial charge in [-0.15, -0.1) is 11.3 Å². The molecule has 6 nitrogen and oxygen atoms in total. The lowest BCUT2D eigenvalue weighted by Gasteiger charge is -2.35. The molecule has 0 atom stereocenters. The van der Waals surface area contributed by atoms with E-state index in [0.717, 1.165) is 0 Å². The Morgan fingerprint density at radius 3 is 2.81 bits per heavy atom. The number of ether oxygens (including phenoxy) is 1. The van der Waals surface area contributed by atoms with E-state index in [1.54, 1.807) is 11.4 Å². The maximum atomic E-state index is 12.1. The van der Waals surface area contributed by atoms with Crippen LogP contribution in [0.15, 0.2) is 23.6 Å². The molecule has 1 aliphatic rings. The van der Waals surface area contributed by atoms with Gasteiger partial charge in [0.1, 0.15) is 11.5 Å². The molecule has 0 radical (unpaired) electrons. The molecule has 2 heterocycles. The third-order valence-electron chi connectivity index (χ3n) is 3.37. The number of carbonyl (C=O) groups excluding carboxylic acids is 1. The number of aromatic hydroxyl groups is 2. The van der Waals surface area contributed by atoms with Crippen molar-refractivity contribution in [3.05, 3.63) is 23.6 Å². The number of hydrogen-bond donors (Lipinski definition) is 3. The number of amides is 1. The van der Waals surface area contributed by atoms with Crippen molar-refractivity contribution in [2.45, 2.75) is 6.92 Å². The van der Waals surface area contributed by atoms with Crippen LogP contribution in [0.1, 0.15) is 6.92 Å². The van der Waals surface area contributed by atoms with Crippen LogP contribution in [-0.2, 0) is 9.53 Å². The quantitative estimate of drug-likeness (QED) is 0.808. The predicted octanol–water partition coefficient (Wildman–Crippen LogP) is 2.20. The molecule has 2 aromatic rings. The predicted molar refractivity (Wildman–Crippen MR) is 78.4 cm³/mol. The number of thiazole rings is 1. The van der Waals surface area contributed by atoms with Gasteiger partial charge in [0.05, 0.1) is 24.3 Å². The summed E-state index contributed by atoms with van der Waals surface area (Å²) in [5, 5.41) is 24.1. The second kappa shape index (κ2) is 5.01. The Bertz CT molecular complexity index is 694. The summed E-state index contributed by atoms with van der Waals surface area (Å²) in [6.07, 6.45) is 0. The lowest BCUT2D eigenvalue weighted by molar-refractivity contribution is -0.151. The fourth-order valence-electron chi connectivity index (χ4n) is 1.98. The molecule has 3 N–H and O–H groups in total. The Morgan fingerprint density at radius 1 is 1.43 bits per heavy atom. The van der Waals surface area contributed by atoms with Crippen molar-refractivity contribution in [3.63, 3.8) is 0 Å². The molecule has 3 rings (SSSR count). The molecule has 0 spiro atoms. The van der Waals surface area contributed by atoms with Crippen molar-refractivity contribution in [1.82, 2.24) is 4.98 Å². The van der Waals surface area contributed by atoms with Crippen molar-refractivity contribution < 1.29 is 19.7 Å². The summed E-state index contributed by atoms with van der Waals surface area (Å²) in [7, 11) is 0. The van der Waals surface area contributed by atoms with Crippen molar-refractivity contribution in [2.75, 3.05) is 18.5 Å². The molecule has 1 saturated heterocycles. The second-order valence-electron chi connectivity index (χ2n) is 5.25. The number of benzene rings is 1. The standard InChI is InChI=1S/C14H14N2O4S/c1-14(6-20-7-14)12(19)16-13-15-10(5-21-13)9-3-2-8(17)4-11(9)18/h2-5,17-18H,6-7H2,1H3,(H,15,16,19). The lowest BCUT2D eigenvalue weighted by atomic mass is 9.88. The van der Waals surface area contributed by atoms with Gasteiger partial charge >= 0.3 is 0 Å². The number of hydrogen-bond acceptors (Lipinski definition) is 6. The molecule has 1 aromatic carbocycles. The number of anilines is 1. The minimum atomic E-state index is -0.494. The van der Waals surface area contributed by atoms with Gasteiger partial charge in [-0.3, -0.25) is 4.79 Å². The lowest BCUT2D eigenvalue weighted by Crippen LogP contribution is -2.49. The molecule has 1 aromatic heterocycles. The third kappa shape index (κ3) is 2.57.